The number of rotatable bonds is 5. The number of carbonyl (C=O) groups is 1. The highest BCUT2D eigenvalue weighted by molar-refractivity contribution is 6.32. The van der Waals surface area contributed by atoms with E-state index in [0.29, 0.717) is 45.0 Å². The zero-order valence-corrected chi connectivity index (χ0v) is 19.8. The first-order valence-corrected chi connectivity index (χ1v) is 11.2. The summed E-state index contributed by atoms with van der Waals surface area (Å²) in [5.74, 6) is 0.962. The van der Waals surface area contributed by atoms with Gasteiger partial charge in [-0.3, -0.25) is 4.79 Å². The van der Waals surface area contributed by atoms with E-state index >= 15 is 0 Å². The molecule has 9 heteroatoms. The summed E-state index contributed by atoms with van der Waals surface area (Å²) in [5.41, 5.74) is 3.31. The number of anilines is 5. The summed E-state index contributed by atoms with van der Waals surface area (Å²) in [7, 11) is 3.57. The van der Waals surface area contributed by atoms with Crippen molar-refractivity contribution in [1.29, 1.82) is 0 Å². The summed E-state index contributed by atoms with van der Waals surface area (Å²) < 4.78 is 19.1. The van der Waals surface area contributed by atoms with Crippen molar-refractivity contribution in [3.8, 4) is 5.75 Å². The standard InChI is InChI=1S/C26H21ClFN5O2/c1-32-21-9-4-3-8-19(21)25(34)33(2)22-14-29-26(31-24(22)32)30-18-10-11-23(20(27)13-18)35-15-16-6-5-7-17(28)12-16/h3-14H,15H2,1-2H3,(H,29,30,31). The van der Waals surface area contributed by atoms with Crippen molar-refractivity contribution in [2.75, 3.05) is 29.2 Å². The van der Waals surface area contributed by atoms with Crippen molar-refractivity contribution < 1.29 is 13.9 Å². The molecule has 7 nitrogen and oxygen atoms in total. The van der Waals surface area contributed by atoms with Crippen LogP contribution < -0.4 is 19.9 Å². The monoisotopic (exact) mass is 489 g/mol. The Hall–Kier alpha value is -4.17. The molecule has 0 radical (unpaired) electrons. The largest absolute Gasteiger partial charge is 0.487 e. The molecule has 1 aromatic heterocycles. The fourth-order valence-corrected chi connectivity index (χ4v) is 4.11. The minimum absolute atomic E-state index is 0.129. The number of carbonyl (C=O) groups excluding carboxylic acids is 1. The third-order valence-electron chi connectivity index (χ3n) is 5.70. The lowest BCUT2D eigenvalue weighted by Gasteiger charge is -2.21. The summed E-state index contributed by atoms with van der Waals surface area (Å²) in [4.78, 5) is 25.4. The van der Waals surface area contributed by atoms with E-state index in [0.717, 1.165) is 5.69 Å². The van der Waals surface area contributed by atoms with Gasteiger partial charge in [0.05, 0.1) is 22.5 Å². The van der Waals surface area contributed by atoms with Crippen LogP contribution in [0, 0.1) is 5.82 Å². The minimum atomic E-state index is -0.317. The molecule has 3 aromatic carbocycles. The van der Waals surface area contributed by atoms with Crippen LogP contribution in [-0.4, -0.2) is 30.0 Å². The third kappa shape index (κ3) is 4.48. The maximum Gasteiger partial charge on any atom is 0.260 e. The zero-order chi connectivity index (χ0) is 24.5. The van der Waals surface area contributed by atoms with Crippen molar-refractivity contribution in [3.05, 3.63) is 94.9 Å². The number of para-hydroxylation sites is 1. The minimum Gasteiger partial charge on any atom is -0.487 e. The Kier molecular flexibility index (Phi) is 5.96. The smallest absolute Gasteiger partial charge is 0.260 e. The molecule has 0 unspecified atom stereocenters. The first kappa shape index (κ1) is 22.6. The maximum atomic E-state index is 13.4. The number of halogens is 2. The molecule has 1 N–H and O–H groups in total. The van der Waals surface area contributed by atoms with Gasteiger partial charge in [0.15, 0.2) is 5.82 Å². The van der Waals surface area contributed by atoms with Gasteiger partial charge >= 0.3 is 0 Å². The Labute approximate surface area is 206 Å². The van der Waals surface area contributed by atoms with Crippen LogP contribution in [0.5, 0.6) is 5.75 Å². The number of nitrogens with one attached hydrogen (secondary N) is 1. The van der Waals surface area contributed by atoms with E-state index in [1.807, 2.05) is 30.1 Å². The Bertz CT molecular complexity index is 1430. The van der Waals surface area contributed by atoms with E-state index < -0.39 is 0 Å². The summed E-state index contributed by atoms with van der Waals surface area (Å²) >= 11 is 6.41. The summed E-state index contributed by atoms with van der Waals surface area (Å²) in [6.45, 7) is 0.193. The first-order valence-electron chi connectivity index (χ1n) is 10.8. The van der Waals surface area contributed by atoms with Gasteiger partial charge in [-0.15, -0.1) is 0 Å². The van der Waals surface area contributed by atoms with Gasteiger partial charge in [-0.05, 0) is 48.0 Å². The van der Waals surface area contributed by atoms with Crippen LogP contribution in [-0.2, 0) is 6.61 Å². The average Bonchev–Trinajstić information content (AvgIpc) is 2.93. The molecule has 4 aromatic rings. The quantitative estimate of drug-likeness (QED) is 0.373. The van der Waals surface area contributed by atoms with E-state index in [1.165, 1.54) is 12.1 Å². The van der Waals surface area contributed by atoms with Crippen LogP contribution >= 0.6 is 11.6 Å². The SMILES string of the molecule is CN1C(=O)c2ccccc2N(C)c2nc(Nc3ccc(OCc4cccc(F)c4)c(Cl)c3)ncc21. The van der Waals surface area contributed by atoms with Crippen LogP contribution in [0.4, 0.5) is 33.2 Å². The van der Waals surface area contributed by atoms with E-state index in [-0.39, 0.29) is 18.3 Å². The fraction of sp³-hybridized carbons (Fsp3) is 0.115. The van der Waals surface area contributed by atoms with Crippen LogP contribution in [0.25, 0.3) is 0 Å². The highest BCUT2D eigenvalue weighted by Crippen LogP contribution is 2.38. The predicted molar refractivity (Wildman–Crippen MR) is 135 cm³/mol. The van der Waals surface area contributed by atoms with Crippen LogP contribution in [0.2, 0.25) is 5.02 Å². The van der Waals surface area contributed by atoms with Gasteiger partial charge in [0, 0.05) is 19.8 Å². The number of hydrogen-bond donors (Lipinski definition) is 1. The van der Waals surface area contributed by atoms with Crippen LogP contribution in [0.3, 0.4) is 0 Å². The highest BCUT2D eigenvalue weighted by Gasteiger charge is 2.28. The Morgan fingerprint density at radius 1 is 1.00 bits per heavy atom. The highest BCUT2D eigenvalue weighted by atomic mass is 35.5. The lowest BCUT2D eigenvalue weighted by atomic mass is 10.1. The van der Waals surface area contributed by atoms with Crippen molar-refractivity contribution >= 4 is 46.3 Å². The molecule has 0 fully saturated rings. The second-order valence-corrected chi connectivity index (χ2v) is 8.44. The Morgan fingerprint density at radius 2 is 1.83 bits per heavy atom. The molecule has 1 aliphatic rings. The van der Waals surface area contributed by atoms with E-state index in [1.54, 1.807) is 54.5 Å². The number of aromatic nitrogens is 2. The second-order valence-electron chi connectivity index (χ2n) is 8.03. The molecular formula is C26H21ClFN5O2. The van der Waals surface area contributed by atoms with Crippen molar-refractivity contribution in [3.63, 3.8) is 0 Å². The number of hydrogen-bond acceptors (Lipinski definition) is 6. The molecule has 0 saturated carbocycles. The molecule has 0 atom stereocenters. The van der Waals surface area contributed by atoms with Crippen molar-refractivity contribution in [2.45, 2.75) is 6.61 Å². The molecule has 1 amide bonds. The molecular weight excluding hydrogens is 469 g/mol. The normalized spacial score (nSPS) is 12.6. The van der Waals surface area contributed by atoms with Gasteiger partial charge in [-0.2, -0.15) is 4.98 Å². The number of fused-ring (bicyclic) bond motifs is 2. The summed E-state index contributed by atoms with van der Waals surface area (Å²) in [6, 6.07) is 18.8. The number of nitrogens with zero attached hydrogens (tertiary/aromatic N) is 4. The molecule has 176 valence electrons. The van der Waals surface area contributed by atoms with E-state index in [4.69, 9.17) is 16.3 Å². The summed E-state index contributed by atoms with van der Waals surface area (Å²) in [5, 5.41) is 3.54. The van der Waals surface area contributed by atoms with Crippen molar-refractivity contribution in [1.82, 2.24) is 9.97 Å². The number of amides is 1. The van der Waals surface area contributed by atoms with Gasteiger partial charge in [-0.25, -0.2) is 9.37 Å². The molecule has 35 heavy (non-hydrogen) atoms. The Morgan fingerprint density at radius 3 is 2.63 bits per heavy atom. The fourth-order valence-electron chi connectivity index (χ4n) is 3.87. The topological polar surface area (TPSA) is 70.6 Å². The van der Waals surface area contributed by atoms with Gasteiger partial charge in [-0.1, -0.05) is 35.9 Å². The number of benzene rings is 3. The van der Waals surface area contributed by atoms with Crippen LogP contribution in [0.15, 0.2) is 72.9 Å². The van der Waals surface area contributed by atoms with Gasteiger partial charge < -0.3 is 19.9 Å². The van der Waals surface area contributed by atoms with E-state index in [2.05, 4.69) is 15.3 Å². The molecule has 0 bridgehead atoms. The third-order valence-corrected chi connectivity index (χ3v) is 6.00. The molecule has 5 rings (SSSR count). The van der Waals surface area contributed by atoms with Crippen molar-refractivity contribution in [2.24, 2.45) is 0 Å². The Balaban J connectivity index is 1.37. The van der Waals surface area contributed by atoms with Gasteiger partial charge in [0.1, 0.15) is 23.9 Å². The second kappa shape index (κ2) is 9.23. The molecule has 0 spiro atoms. The number of ether oxygens (including phenoxy) is 1. The first-order chi connectivity index (χ1) is 16.9. The zero-order valence-electron chi connectivity index (χ0n) is 19.0. The molecule has 2 heterocycles. The van der Waals surface area contributed by atoms with Gasteiger partial charge in [0.2, 0.25) is 5.95 Å². The predicted octanol–water partition coefficient (Wildman–Crippen LogP) is 5.95. The van der Waals surface area contributed by atoms with Crippen LogP contribution in [0.1, 0.15) is 15.9 Å². The maximum absolute atomic E-state index is 13.4. The lowest BCUT2D eigenvalue weighted by Crippen LogP contribution is -2.25. The molecule has 1 aliphatic heterocycles. The summed E-state index contributed by atoms with van der Waals surface area (Å²) in [6.07, 6.45) is 1.61. The molecule has 0 aliphatic carbocycles. The van der Waals surface area contributed by atoms with E-state index in [9.17, 15) is 9.18 Å². The molecule has 0 saturated heterocycles. The average molecular weight is 490 g/mol. The lowest BCUT2D eigenvalue weighted by molar-refractivity contribution is 0.0994. The van der Waals surface area contributed by atoms with Gasteiger partial charge in [0.25, 0.3) is 5.91 Å².